The van der Waals surface area contributed by atoms with Crippen molar-refractivity contribution in [3.8, 4) is 0 Å². The maximum absolute atomic E-state index is 13.5. The molecule has 1 fully saturated rings. The van der Waals surface area contributed by atoms with Crippen molar-refractivity contribution in [2.45, 2.75) is 50.3 Å². The van der Waals surface area contributed by atoms with Crippen LogP contribution >= 0.6 is 0 Å². The lowest BCUT2D eigenvalue weighted by molar-refractivity contribution is -0.211. The van der Waals surface area contributed by atoms with Crippen molar-refractivity contribution in [3.05, 3.63) is 71.7 Å². The van der Waals surface area contributed by atoms with Gasteiger partial charge in [-0.05, 0) is 62.2 Å². The summed E-state index contributed by atoms with van der Waals surface area (Å²) in [6.45, 7) is 2.49. The van der Waals surface area contributed by atoms with Crippen LogP contribution in [0.3, 0.4) is 0 Å². The Morgan fingerprint density at radius 1 is 1.08 bits per heavy atom. The van der Waals surface area contributed by atoms with Gasteiger partial charge in [-0.15, -0.1) is 0 Å². The van der Waals surface area contributed by atoms with Crippen LogP contribution in [0.15, 0.2) is 48.7 Å². The summed E-state index contributed by atoms with van der Waals surface area (Å²) in [5, 5.41) is 2.70. The summed E-state index contributed by atoms with van der Waals surface area (Å²) < 4.78 is 56.2. The number of halogens is 4. The van der Waals surface area contributed by atoms with Gasteiger partial charge in [-0.25, -0.2) is 19.2 Å². The predicted molar refractivity (Wildman–Crippen MR) is 128 cm³/mol. The molecule has 2 aliphatic rings. The number of aryl methyl sites for hydroxylation is 2. The summed E-state index contributed by atoms with van der Waals surface area (Å²) in [7, 11) is 0. The van der Waals surface area contributed by atoms with Gasteiger partial charge >= 0.3 is 12.1 Å². The van der Waals surface area contributed by atoms with Crippen molar-refractivity contribution in [3.63, 3.8) is 0 Å². The van der Waals surface area contributed by atoms with Gasteiger partial charge in [-0.1, -0.05) is 0 Å². The van der Waals surface area contributed by atoms with E-state index in [1.807, 2.05) is 11.0 Å². The molecule has 12 heteroatoms. The maximum atomic E-state index is 13.5. The van der Waals surface area contributed by atoms with E-state index in [1.54, 1.807) is 25.3 Å². The van der Waals surface area contributed by atoms with Gasteiger partial charge in [0.15, 0.2) is 0 Å². The molecule has 3 heterocycles. The second-order valence-corrected chi connectivity index (χ2v) is 9.36. The van der Waals surface area contributed by atoms with E-state index >= 15 is 0 Å². The van der Waals surface area contributed by atoms with Crippen LogP contribution in [0.5, 0.6) is 0 Å². The van der Waals surface area contributed by atoms with Crippen LogP contribution in [0.2, 0.25) is 0 Å². The molecule has 0 unspecified atom stereocenters. The van der Waals surface area contributed by atoms with E-state index in [1.165, 1.54) is 24.3 Å². The highest BCUT2D eigenvalue weighted by Gasteiger charge is 2.56. The van der Waals surface area contributed by atoms with Gasteiger partial charge in [-0.2, -0.15) is 13.2 Å². The van der Waals surface area contributed by atoms with E-state index in [-0.39, 0.29) is 12.8 Å². The highest BCUT2D eigenvalue weighted by atomic mass is 19.4. The van der Waals surface area contributed by atoms with Crippen LogP contribution in [0.4, 0.5) is 34.8 Å². The van der Waals surface area contributed by atoms with E-state index in [0.29, 0.717) is 36.0 Å². The summed E-state index contributed by atoms with van der Waals surface area (Å²) in [6.07, 6.45) is -3.54. The number of nitrogens with one attached hydrogen (secondary N) is 1. The summed E-state index contributed by atoms with van der Waals surface area (Å²) in [6, 6.07) is 10.4. The fourth-order valence-corrected chi connectivity index (χ4v) is 4.86. The molecule has 0 bridgehead atoms. The number of amides is 1. The van der Waals surface area contributed by atoms with Crippen LogP contribution in [0, 0.1) is 12.7 Å². The highest BCUT2D eigenvalue weighted by Crippen LogP contribution is 2.47. The Morgan fingerprint density at radius 3 is 2.50 bits per heavy atom. The van der Waals surface area contributed by atoms with Gasteiger partial charge in [0.05, 0.1) is 22.5 Å². The number of hydrogen-bond donors (Lipinski definition) is 1. The third kappa shape index (κ3) is 4.90. The van der Waals surface area contributed by atoms with Crippen molar-refractivity contribution in [2.75, 3.05) is 16.8 Å². The molecule has 1 amide bonds. The number of alkyl halides is 3. The molecule has 8 nitrogen and oxygen atoms in total. The lowest BCUT2D eigenvalue weighted by Crippen LogP contribution is -2.55. The zero-order valence-electron chi connectivity index (χ0n) is 20.3. The predicted octanol–water partition coefficient (Wildman–Crippen LogP) is 4.55. The first kappa shape index (κ1) is 25.6. The molecule has 0 saturated heterocycles. The van der Waals surface area contributed by atoms with Crippen LogP contribution in [-0.4, -0.2) is 45.7 Å². The largest absolute Gasteiger partial charge is 0.490 e. The third-order valence-electron chi connectivity index (χ3n) is 6.76. The van der Waals surface area contributed by atoms with Crippen molar-refractivity contribution in [2.24, 2.45) is 0 Å². The average molecular weight is 529 g/mol. The van der Waals surface area contributed by atoms with Gasteiger partial charge in [-0.3, -0.25) is 9.78 Å². The van der Waals surface area contributed by atoms with E-state index in [0.717, 1.165) is 17.8 Å². The van der Waals surface area contributed by atoms with Crippen molar-refractivity contribution in [1.29, 1.82) is 0 Å². The first-order valence-corrected chi connectivity index (χ1v) is 12.0. The quantitative estimate of drug-likeness (QED) is 0.383. The van der Waals surface area contributed by atoms with Crippen molar-refractivity contribution >= 4 is 29.1 Å². The second kappa shape index (κ2) is 9.66. The monoisotopic (exact) mass is 529 g/mol. The van der Waals surface area contributed by atoms with Gasteiger partial charge < -0.3 is 15.0 Å². The number of carbonyl (C=O) groups excluding carboxylic acids is 2. The summed E-state index contributed by atoms with van der Waals surface area (Å²) in [5.41, 5.74) is 0.861. The lowest BCUT2D eigenvalue weighted by atomic mass is 9.63. The molecule has 0 radical (unpaired) electrons. The van der Waals surface area contributed by atoms with Gasteiger partial charge in [0.25, 0.3) is 0 Å². The zero-order chi connectivity index (χ0) is 27.1. The minimum absolute atomic E-state index is 0.178. The zero-order valence-corrected chi connectivity index (χ0v) is 20.3. The molecular formula is C26H23F4N5O3. The normalized spacial score (nSPS) is 20.8. The molecule has 3 aromatic rings. The molecule has 1 saturated carbocycles. The Morgan fingerprint density at radius 2 is 1.82 bits per heavy atom. The SMILES string of the molecule is Cc1nccc(N2CCCc3nc(C4(C(=O)Nc5ccc(F)cc5)CC(OC(=O)C(F)(F)F)C4)ccc32)n1. The van der Waals surface area contributed by atoms with Crippen molar-refractivity contribution in [1.82, 2.24) is 15.0 Å². The van der Waals surface area contributed by atoms with E-state index in [2.05, 4.69) is 20.0 Å². The third-order valence-corrected chi connectivity index (χ3v) is 6.76. The Labute approximate surface area is 215 Å². The minimum atomic E-state index is -5.14. The number of ether oxygens (including phenoxy) is 1. The van der Waals surface area contributed by atoms with Crippen LogP contribution in [0.1, 0.15) is 36.5 Å². The maximum Gasteiger partial charge on any atom is 0.490 e. The summed E-state index contributed by atoms with van der Waals surface area (Å²) in [4.78, 5) is 40.3. The number of aromatic nitrogens is 3. The number of pyridine rings is 1. The van der Waals surface area contributed by atoms with E-state index in [4.69, 9.17) is 4.98 Å². The number of carbonyl (C=O) groups is 2. The number of esters is 1. The fourth-order valence-electron chi connectivity index (χ4n) is 4.86. The number of hydrogen-bond acceptors (Lipinski definition) is 7. The standard InChI is InChI=1S/C26H23F4N5O3/c1-15-31-11-10-22(32-15)35-12-2-3-19-20(35)8-9-21(34-19)25(13-18(14-25)38-24(37)26(28,29)30)23(36)33-17-6-4-16(27)5-7-17/h4-11,18H,2-3,12-14H2,1H3,(H,33,36). The smallest absolute Gasteiger partial charge is 0.456 e. The number of nitrogens with zero attached hydrogens (tertiary/aromatic N) is 4. The molecule has 38 heavy (non-hydrogen) atoms. The van der Waals surface area contributed by atoms with Crippen LogP contribution < -0.4 is 10.2 Å². The first-order chi connectivity index (χ1) is 18.0. The fraction of sp³-hybridized carbons (Fsp3) is 0.346. The van der Waals surface area contributed by atoms with Crippen molar-refractivity contribution < 1.29 is 31.9 Å². The van der Waals surface area contributed by atoms with E-state index < -0.39 is 35.4 Å². The molecule has 5 rings (SSSR count). The molecule has 1 aliphatic carbocycles. The molecule has 0 spiro atoms. The Balaban J connectivity index is 1.45. The van der Waals surface area contributed by atoms with Gasteiger partial charge in [0, 0.05) is 31.3 Å². The molecule has 198 valence electrons. The first-order valence-electron chi connectivity index (χ1n) is 12.0. The molecule has 0 atom stereocenters. The second-order valence-electron chi connectivity index (χ2n) is 9.36. The van der Waals surface area contributed by atoms with Gasteiger partial charge in [0.2, 0.25) is 5.91 Å². The number of anilines is 3. The lowest BCUT2D eigenvalue weighted by Gasteiger charge is -2.45. The van der Waals surface area contributed by atoms with E-state index in [9.17, 15) is 27.2 Å². The summed E-state index contributed by atoms with van der Waals surface area (Å²) >= 11 is 0. The molecular weight excluding hydrogens is 506 g/mol. The minimum Gasteiger partial charge on any atom is -0.456 e. The average Bonchev–Trinajstić information content (AvgIpc) is 2.85. The number of rotatable bonds is 5. The molecule has 1 N–H and O–H groups in total. The van der Waals surface area contributed by atoms with Crippen LogP contribution in [-0.2, 0) is 26.2 Å². The Hall–Kier alpha value is -4.09. The molecule has 2 aromatic heterocycles. The van der Waals surface area contributed by atoms with Gasteiger partial charge in [0.1, 0.15) is 23.6 Å². The topological polar surface area (TPSA) is 97.3 Å². The Kier molecular flexibility index (Phi) is 6.49. The number of fused-ring (bicyclic) bond motifs is 1. The van der Waals surface area contributed by atoms with Crippen LogP contribution in [0.25, 0.3) is 0 Å². The Bertz CT molecular complexity index is 1370. The number of benzene rings is 1. The highest BCUT2D eigenvalue weighted by molar-refractivity contribution is 6.00. The molecule has 1 aromatic carbocycles. The summed E-state index contributed by atoms with van der Waals surface area (Å²) in [5.74, 6) is -2.00. The molecule has 1 aliphatic heterocycles.